The van der Waals surface area contributed by atoms with Gasteiger partial charge in [-0.2, -0.15) is 0 Å². The van der Waals surface area contributed by atoms with Crippen molar-refractivity contribution in [2.75, 3.05) is 26.4 Å². The number of carbonyl (C=O) groups excluding carboxylic acids is 2. The minimum atomic E-state index is -4.66. The number of carbonyl (C=O) groups is 2. The van der Waals surface area contributed by atoms with Crippen LogP contribution in [0.1, 0.15) is 123 Å². The molecule has 0 aromatic carbocycles. The molecular weight excluding hydrogens is 759 g/mol. The largest absolute Gasteiger partial charge is 0.472 e. The van der Waals surface area contributed by atoms with Crippen molar-refractivity contribution in [2.24, 2.45) is 0 Å². The zero-order valence-corrected chi connectivity index (χ0v) is 36.0. The number of phosphoric ester groups is 1. The molecule has 0 saturated carbocycles. The van der Waals surface area contributed by atoms with Crippen molar-refractivity contribution in [1.29, 1.82) is 0 Å². The molecule has 0 aliphatic carbocycles. The van der Waals surface area contributed by atoms with Crippen LogP contribution in [0.2, 0.25) is 0 Å². The van der Waals surface area contributed by atoms with Gasteiger partial charge in [0.1, 0.15) is 12.7 Å². The fraction of sp³-hybridized carbons (Fsp3) is 0.565. The molecule has 328 valence electrons. The fourth-order valence-electron chi connectivity index (χ4n) is 4.81. The van der Waals surface area contributed by atoms with Gasteiger partial charge in [0.05, 0.1) is 25.9 Å². The average Bonchev–Trinajstić information content (AvgIpc) is 3.21. The molecule has 0 aliphatic heterocycles. The Morgan fingerprint density at radius 3 is 1.72 bits per heavy atom. The molecule has 0 radical (unpaired) electrons. The first kappa shape index (κ1) is 54.6. The van der Waals surface area contributed by atoms with Gasteiger partial charge in [-0.05, 0) is 83.5 Å². The Kier molecular flexibility index (Phi) is 38.0. The number of hydrogen-bond donors (Lipinski definition) is 4. The Morgan fingerprint density at radius 1 is 0.586 bits per heavy atom. The zero-order chi connectivity index (χ0) is 42.8. The maximum atomic E-state index is 12.6. The van der Waals surface area contributed by atoms with Gasteiger partial charge in [0, 0.05) is 12.8 Å². The summed E-state index contributed by atoms with van der Waals surface area (Å²) in [5, 5.41) is 28.3. The Balaban J connectivity index is 4.55. The first-order valence-corrected chi connectivity index (χ1v) is 22.4. The van der Waals surface area contributed by atoms with E-state index in [4.69, 9.17) is 19.1 Å². The van der Waals surface area contributed by atoms with E-state index < -0.39 is 57.9 Å². The predicted octanol–water partition coefficient (Wildman–Crippen LogP) is 9.97. The lowest BCUT2D eigenvalue weighted by atomic mass is 10.1. The molecule has 11 nitrogen and oxygen atoms in total. The lowest BCUT2D eigenvalue weighted by Crippen LogP contribution is -2.29. The summed E-state index contributed by atoms with van der Waals surface area (Å²) >= 11 is 0. The van der Waals surface area contributed by atoms with Crippen molar-refractivity contribution in [2.45, 2.75) is 141 Å². The summed E-state index contributed by atoms with van der Waals surface area (Å²) in [4.78, 5) is 35.0. The summed E-state index contributed by atoms with van der Waals surface area (Å²) in [6, 6.07) is 0. The molecule has 2 unspecified atom stereocenters. The Bertz CT molecular complexity index is 1340. The maximum Gasteiger partial charge on any atom is 0.472 e. The zero-order valence-electron chi connectivity index (χ0n) is 35.1. The summed E-state index contributed by atoms with van der Waals surface area (Å²) in [5.74, 6) is -1.07. The van der Waals surface area contributed by atoms with Gasteiger partial charge in [0.25, 0.3) is 0 Å². The van der Waals surface area contributed by atoms with Gasteiger partial charge in [-0.25, -0.2) is 4.57 Å². The molecule has 0 heterocycles. The summed E-state index contributed by atoms with van der Waals surface area (Å²) in [7, 11) is -4.66. The minimum absolute atomic E-state index is 0.0610. The first-order chi connectivity index (χ1) is 28.1. The highest BCUT2D eigenvalue weighted by Crippen LogP contribution is 2.43. The average molecular weight is 833 g/mol. The second-order valence-electron chi connectivity index (χ2n) is 13.4. The van der Waals surface area contributed by atoms with E-state index in [1.807, 2.05) is 42.5 Å². The van der Waals surface area contributed by atoms with Gasteiger partial charge in [-0.1, -0.05) is 136 Å². The third-order valence-corrected chi connectivity index (χ3v) is 8.95. The van der Waals surface area contributed by atoms with Crippen LogP contribution in [0.3, 0.4) is 0 Å². The van der Waals surface area contributed by atoms with Crippen LogP contribution in [0.25, 0.3) is 0 Å². The number of phosphoric acid groups is 1. The number of rotatable bonds is 37. The van der Waals surface area contributed by atoms with E-state index in [2.05, 4.69) is 79.1 Å². The molecule has 4 N–H and O–H groups in total. The maximum absolute atomic E-state index is 12.6. The highest BCUT2D eigenvalue weighted by atomic mass is 31.2. The molecule has 0 saturated heterocycles. The van der Waals surface area contributed by atoms with Crippen LogP contribution >= 0.6 is 7.82 Å². The van der Waals surface area contributed by atoms with Crippen LogP contribution < -0.4 is 0 Å². The molecule has 0 spiro atoms. The van der Waals surface area contributed by atoms with Crippen LogP contribution in [-0.4, -0.2) is 76.9 Å². The number of unbranched alkanes of at least 4 members (excludes halogenated alkanes) is 5. The van der Waals surface area contributed by atoms with Crippen molar-refractivity contribution < 1.29 is 52.9 Å². The van der Waals surface area contributed by atoms with E-state index in [0.29, 0.717) is 32.1 Å². The van der Waals surface area contributed by atoms with Gasteiger partial charge in [0.15, 0.2) is 6.10 Å². The van der Waals surface area contributed by atoms with Gasteiger partial charge in [-0.15, -0.1) is 0 Å². The van der Waals surface area contributed by atoms with Crippen molar-refractivity contribution in [3.8, 4) is 0 Å². The fourth-order valence-corrected chi connectivity index (χ4v) is 5.60. The lowest BCUT2D eigenvalue weighted by Gasteiger charge is -2.20. The molecule has 0 fully saturated rings. The Morgan fingerprint density at radius 2 is 1.10 bits per heavy atom. The van der Waals surface area contributed by atoms with Gasteiger partial charge in [-0.3, -0.25) is 18.6 Å². The van der Waals surface area contributed by atoms with Gasteiger partial charge in [0.2, 0.25) is 0 Å². The molecule has 58 heavy (non-hydrogen) atoms. The van der Waals surface area contributed by atoms with Crippen molar-refractivity contribution in [3.63, 3.8) is 0 Å². The van der Waals surface area contributed by atoms with Crippen LogP contribution in [0.15, 0.2) is 109 Å². The number of allylic oxidation sites excluding steroid dienone is 16. The minimum Gasteiger partial charge on any atom is -0.462 e. The summed E-state index contributed by atoms with van der Waals surface area (Å²) < 4.78 is 32.6. The Hall–Kier alpha value is -3.41. The van der Waals surface area contributed by atoms with E-state index in [-0.39, 0.29) is 19.4 Å². The molecule has 12 heteroatoms. The van der Waals surface area contributed by atoms with Crippen LogP contribution in [0.4, 0.5) is 0 Å². The summed E-state index contributed by atoms with van der Waals surface area (Å²) in [6.45, 7) is 1.93. The number of hydrogen-bond acceptors (Lipinski definition) is 10. The molecule has 0 bridgehead atoms. The predicted molar refractivity (Wildman–Crippen MR) is 234 cm³/mol. The smallest absolute Gasteiger partial charge is 0.462 e. The third-order valence-electron chi connectivity index (χ3n) is 8.00. The summed E-state index contributed by atoms with van der Waals surface area (Å²) in [5.41, 5.74) is 0. The quantitative estimate of drug-likeness (QED) is 0.0155. The van der Waals surface area contributed by atoms with Crippen LogP contribution in [-0.2, 0) is 32.7 Å². The molecular formula is C46H73O11P. The monoisotopic (exact) mass is 832 g/mol. The van der Waals surface area contributed by atoms with Crippen molar-refractivity contribution in [1.82, 2.24) is 0 Å². The highest BCUT2D eigenvalue weighted by molar-refractivity contribution is 7.47. The number of aliphatic hydroxyl groups excluding tert-OH is 3. The van der Waals surface area contributed by atoms with E-state index >= 15 is 0 Å². The lowest BCUT2D eigenvalue weighted by molar-refractivity contribution is -0.161. The molecule has 0 rings (SSSR count). The standard InChI is InChI=1S/C46H73O11P/c1-3-5-7-9-11-12-13-14-15-16-17-18-19-20-24-28-32-36-45(50)54-40-44(41-56-58(52,53)55-39-43(49)38-47)57-46(51)37-33-29-25-22-21-23-27-31-35-42(48)34-30-26-10-8-6-4-2/h5-8,11-12,14-15,17-18,22-23,25-27,30-31,35,42-44,47-49H,3-4,9-10,13,16,19-21,24,28-29,32-34,36-41H2,1-2H3,(H,52,53)/b7-5-,8-6-,12-11-,15-14-,18-17-,25-22-,27-23-,30-26-,35-31+/t42?,43-,44+/m0/s1. The van der Waals surface area contributed by atoms with Gasteiger partial charge < -0.3 is 29.7 Å². The number of esters is 2. The van der Waals surface area contributed by atoms with Crippen LogP contribution in [0, 0.1) is 0 Å². The molecule has 0 aromatic heterocycles. The van der Waals surface area contributed by atoms with Crippen LogP contribution in [0.5, 0.6) is 0 Å². The molecule has 0 amide bonds. The highest BCUT2D eigenvalue weighted by Gasteiger charge is 2.27. The van der Waals surface area contributed by atoms with E-state index in [9.17, 15) is 29.3 Å². The first-order valence-electron chi connectivity index (χ1n) is 21.0. The third kappa shape index (κ3) is 39.4. The van der Waals surface area contributed by atoms with E-state index in [1.165, 1.54) is 0 Å². The Labute approximate surface area is 348 Å². The molecule has 4 atom stereocenters. The van der Waals surface area contributed by atoms with Gasteiger partial charge >= 0.3 is 19.8 Å². The van der Waals surface area contributed by atoms with E-state index in [0.717, 1.165) is 64.2 Å². The number of ether oxygens (including phenoxy) is 2. The SMILES string of the molecule is CC/C=C\C/C=C\C/C=C\C/C=C\CCCCCCC(=O)OC[C@H](COP(=O)(O)OC[C@@H](O)CO)OC(=O)CCC/C=C\C/C=C\C=C\C(O)C/C=C\C/C=C\CC. The molecule has 0 aliphatic rings. The van der Waals surface area contributed by atoms with Crippen molar-refractivity contribution >= 4 is 19.8 Å². The normalized spacial score (nSPS) is 15.5. The molecule has 0 aromatic rings. The second-order valence-corrected chi connectivity index (χ2v) is 14.9. The second kappa shape index (κ2) is 40.4. The summed E-state index contributed by atoms with van der Waals surface area (Å²) in [6.07, 6.45) is 46.6. The van der Waals surface area contributed by atoms with E-state index in [1.54, 1.807) is 6.08 Å². The number of aliphatic hydroxyl groups is 3. The van der Waals surface area contributed by atoms with Crippen molar-refractivity contribution in [3.05, 3.63) is 109 Å². The topological polar surface area (TPSA) is 169 Å².